The summed E-state index contributed by atoms with van der Waals surface area (Å²) in [5, 5.41) is 3.05. The molecule has 7 heteroatoms. The fourth-order valence-electron chi connectivity index (χ4n) is 2.17. The lowest BCUT2D eigenvalue weighted by Gasteiger charge is -2.09. The van der Waals surface area contributed by atoms with E-state index < -0.39 is 0 Å². The van der Waals surface area contributed by atoms with Crippen molar-refractivity contribution in [3.63, 3.8) is 0 Å². The van der Waals surface area contributed by atoms with Crippen molar-refractivity contribution in [2.75, 3.05) is 12.4 Å². The Bertz CT molecular complexity index is 863. The van der Waals surface area contributed by atoms with Gasteiger partial charge >= 0.3 is 0 Å². The molecule has 0 aliphatic rings. The van der Waals surface area contributed by atoms with Gasteiger partial charge in [0.1, 0.15) is 18.1 Å². The molecule has 2 heterocycles. The highest BCUT2D eigenvalue weighted by Gasteiger charge is 2.04. The van der Waals surface area contributed by atoms with Gasteiger partial charge in [0.25, 0.3) is 5.56 Å². The Morgan fingerprint density at radius 3 is 2.60 bits per heavy atom. The summed E-state index contributed by atoms with van der Waals surface area (Å²) in [6.45, 7) is 0.654. The van der Waals surface area contributed by atoms with E-state index in [0.717, 1.165) is 11.4 Å². The first-order valence-corrected chi connectivity index (χ1v) is 7.74. The SMILES string of the molecule is COc1ccc(OCc2cc(=O)[nH]c(NCc3ccccn3)n2)cc1. The second kappa shape index (κ2) is 7.96. The molecule has 0 aliphatic heterocycles. The van der Waals surface area contributed by atoms with Crippen LogP contribution in [0.15, 0.2) is 59.5 Å². The van der Waals surface area contributed by atoms with Crippen LogP contribution in [0.25, 0.3) is 0 Å². The molecule has 0 saturated heterocycles. The lowest BCUT2D eigenvalue weighted by atomic mass is 10.3. The zero-order valence-corrected chi connectivity index (χ0v) is 13.7. The van der Waals surface area contributed by atoms with Crippen LogP contribution in [0.1, 0.15) is 11.4 Å². The normalized spacial score (nSPS) is 10.3. The monoisotopic (exact) mass is 338 g/mol. The third kappa shape index (κ3) is 4.81. The van der Waals surface area contributed by atoms with E-state index in [1.807, 2.05) is 18.2 Å². The van der Waals surface area contributed by atoms with E-state index in [1.165, 1.54) is 6.07 Å². The van der Waals surface area contributed by atoms with E-state index in [0.29, 0.717) is 23.9 Å². The number of H-pyrrole nitrogens is 1. The number of ether oxygens (including phenoxy) is 2. The van der Waals surface area contributed by atoms with Crippen LogP contribution in [0.3, 0.4) is 0 Å². The Kier molecular flexibility index (Phi) is 5.26. The second-order valence-corrected chi connectivity index (χ2v) is 5.22. The van der Waals surface area contributed by atoms with Crippen LogP contribution in [-0.2, 0) is 13.2 Å². The predicted molar refractivity (Wildman–Crippen MR) is 93.7 cm³/mol. The Labute approximate surface area is 144 Å². The molecule has 0 saturated carbocycles. The molecule has 7 nitrogen and oxygen atoms in total. The Morgan fingerprint density at radius 1 is 1.08 bits per heavy atom. The number of methoxy groups -OCH3 is 1. The molecule has 3 rings (SSSR count). The average molecular weight is 338 g/mol. The first-order valence-electron chi connectivity index (χ1n) is 7.74. The van der Waals surface area contributed by atoms with E-state index in [-0.39, 0.29) is 12.2 Å². The van der Waals surface area contributed by atoms with Gasteiger partial charge in [-0.05, 0) is 36.4 Å². The molecule has 0 radical (unpaired) electrons. The van der Waals surface area contributed by atoms with Crippen LogP contribution in [-0.4, -0.2) is 22.1 Å². The number of pyridine rings is 1. The molecular formula is C18H18N4O3. The number of hydrogen-bond donors (Lipinski definition) is 2. The maximum atomic E-state index is 11.8. The molecular weight excluding hydrogens is 320 g/mol. The molecule has 2 aromatic heterocycles. The molecule has 0 fully saturated rings. The summed E-state index contributed by atoms with van der Waals surface area (Å²) in [5.41, 5.74) is 1.14. The molecule has 128 valence electrons. The molecule has 3 aromatic rings. The number of nitrogens with zero attached hydrogens (tertiary/aromatic N) is 2. The van der Waals surface area contributed by atoms with Gasteiger partial charge in [-0.1, -0.05) is 6.07 Å². The Morgan fingerprint density at radius 2 is 1.88 bits per heavy atom. The number of nitrogens with one attached hydrogen (secondary N) is 2. The maximum Gasteiger partial charge on any atom is 0.252 e. The fraction of sp³-hybridized carbons (Fsp3) is 0.167. The number of aromatic nitrogens is 3. The molecule has 0 spiro atoms. The summed E-state index contributed by atoms with van der Waals surface area (Å²) in [6, 6.07) is 14.3. The second-order valence-electron chi connectivity index (χ2n) is 5.22. The van der Waals surface area contributed by atoms with Crippen molar-refractivity contribution >= 4 is 5.95 Å². The Balaban J connectivity index is 1.63. The van der Waals surface area contributed by atoms with Crippen LogP contribution >= 0.6 is 0 Å². The summed E-state index contributed by atoms with van der Waals surface area (Å²) < 4.78 is 10.8. The van der Waals surface area contributed by atoms with Gasteiger partial charge in [0.15, 0.2) is 0 Å². The highest BCUT2D eigenvalue weighted by atomic mass is 16.5. The van der Waals surface area contributed by atoms with Crippen molar-refractivity contribution in [2.45, 2.75) is 13.2 Å². The highest BCUT2D eigenvalue weighted by molar-refractivity contribution is 5.31. The van der Waals surface area contributed by atoms with Crippen molar-refractivity contribution in [3.8, 4) is 11.5 Å². The molecule has 1 aromatic carbocycles. The zero-order chi connectivity index (χ0) is 17.5. The number of benzene rings is 1. The third-order valence-corrected chi connectivity index (χ3v) is 3.40. The van der Waals surface area contributed by atoms with E-state index in [2.05, 4.69) is 20.3 Å². The number of anilines is 1. The lowest BCUT2D eigenvalue weighted by Crippen LogP contribution is -2.15. The van der Waals surface area contributed by atoms with Gasteiger partial charge in [-0.15, -0.1) is 0 Å². The average Bonchev–Trinajstić information content (AvgIpc) is 2.66. The van der Waals surface area contributed by atoms with Crippen LogP contribution in [0.2, 0.25) is 0 Å². The zero-order valence-electron chi connectivity index (χ0n) is 13.7. The van der Waals surface area contributed by atoms with Gasteiger partial charge in [-0.3, -0.25) is 14.8 Å². The minimum atomic E-state index is -0.244. The van der Waals surface area contributed by atoms with Gasteiger partial charge < -0.3 is 14.8 Å². The van der Waals surface area contributed by atoms with Gasteiger partial charge in [0.05, 0.1) is 25.0 Å². The summed E-state index contributed by atoms with van der Waals surface area (Å²) in [7, 11) is 1.61. The molecule has 2 N–H and O–H groups in total. The molecule has 0 bridgehead atoms. The van der Waals surface area contributed by atoms with E-state index >= 15 is 0 Å². The van der Waals surface area contributed by atoms with E-state index in [4.69, 9.17) is 9.47 Å². The van der Waals surface area contributed by atoms with Crippen molar-refractivity contribution in [2.24, 2.45) is 0 Å². The predicted octanol–water partition coefficient (Wildman–Crippen LogP) is 2.36. The highest BCUT2D eigenvalue weighted by Crippen LogP contribution is 2.17. The molecule has 25 heavy (non-hydrogen) atoms. The van der Waals surface area contributed by atoms with Crippen LogP contribution < -0.4 is 20.3 Å². The summed E-state index contributed by atoms with van der Waals surface area (Å²) in [5.74, 6) is 1.81. The topological polar surface area (TPSA) is 89.1 Å². The molecule has 0 amide bonds. The number of hydrogen-bond acceptors (Lipinski definition) is 6. The van der Waals surface area contributed by atoms with Crippen molar-refractivity contribution < 1.29 is 9.47 Å². The van der Waals surface area contributed by atoms with Gasteiger partial charge in [-0.2, -0.15) is 0 Å². The third-order valence-electron chi connectivity index (χ3n) is 3.40. The van der Waals surface area contributed by atoms with Crippen molar-refractivity contribution in [1.82, 2.24) is 15.0 Å². The number of aromatic amines is 1. The van der Waals surface area contributed by atoms with Crippen LogP contribution in [0.4, 0.5) is 5.95 Å². The Hall–Kier alpha value is -3.35. The largest absolute Gasteiger partial charge is 0.497 e. The summed E-state index contributed by atoms with van der Waals surface area (Å²) in [4.78, 5) is 23.0. The smallest absolute Gasteiger partial charge is 0.252 e. The first kappa shape index (κ1) is 16.5. The lowest BCUT2D eigenvalue weighted by molar-refractivity contribution is 0.300. The van der Waals surface area contributed by atoms with Crippen molar-refractivity contribution in [1.29, 1.82) is 0 Å². The first-order chi connectivity index (χ1) is 12.2. The minimum absolute atomic E-state index is 0.189. The van der Waals surface area contributed by atoms with Gasteiger partial charge in [0, 0.05) is 12.3 Å². The number of rotatable bonds is 7. The summed E-state index contributed by atoms with van der Waals surface area (Å²) in [6.07, 6.45) is 1.71. The minimum Gasteiger partial charge on any atom is -0.497 e. The maximum absolute atomic E-state index is 11.8. The molecule has 0 atom stereocenters. The molecule has 0 aliphatic carbocycles. The quantitative estimate of drug-likeness (QED) is 0.687. The van der Waals surface area contributed by atoms with Gasteiger partial charge in [0.2, 0.25) is 5.95 Å². The molecule has 0 unspecified atom stereocenters. The summed E-state index contributed by atoms with van der Waals surface area (Å²) >= 11 is 0. The van der Waals surface area contributed by atoms with Crippen molar-refractivity contribution in [3.05, 3.63) is 76.5 Å². The van der Waals surface area contributed by atoms with E-state index in [9.17, 15) is 4.79 Å². The standard InChI is InChI=1S/C18H18N4O3/c1-24-15-5-7-16(8-6-15)25-12-14-10-17(23)22-18(21-14)20-11-13-4-2-3-9-19-13/h2-10H,11-12H2,1H3,(H2,20,21,22,23). The van der Waals surface area contributed by atoms with Gasteiger partial charge in [-0.25, -0.2) is 4.98 Å². The van der Waals surface area contributed by atoms with E-state index in [1.54, 1.807) is 37.6 Å². The fourth-order valence-corrected chi connectivity index (χ4v) is 2.17. The van der Waals surface area contributed by atoms with Crippen LogP contribution in [0, 0.1) is 0 Å². The van der Waals surface area contributed by atoms with Crippen LogP contribution in [0.5, 0.6) is 11.5 Å².